The fourth-order valence-electron chi connectivity index (χ4n) is 3.98. The Kier molecular flexibility index (Phi) is 5.15. The topological polar surface area (TPSA) is 47.7 Å². The Morgan fingerprint density at radius 1 is 1.20 bits per heavy atom. The molecule has 0 saturated carbocycles. The van der Waals surface area contributed by atoms with Crippen molar-refractivity contribution in [2.75, 3.05) is 13.2 Å². The first-order chi connectivity index (χ1) is 12.3. The van der Waals surface area contributed by atoms with Crippen LogP contribution in [-0.4, -0.2) is 41.3 Å². The first-order valence-corrected chi connectivity index (χ1v) is 9.20. The van der Waals surface area contributed by atoms with Gasteiger partial charge in [0.25, 0.3) is 0 Å². The summed E-state index contributed by atoms with van der Waals surface area (Å²) in [6, 6.07) is 10.6. The van der Waals surface area contributed by atoms with Crippen LogP contribution in [0.15, 0.2) is 41.0 Å². The number of aryl methyl sites for hydroxylation is 1. The predicted octanol–water partition coefficient (Wildman–Crippen LogP) is 3.32. The Labute approximate surface area is 148 Å². The largest absolute Gasteiger partial charge is 0.468 e. The number of hydrogen-bond donors (Lipinski definition) is 0. The molecule has 2 aromatic heterocycles. The third-order valence-corrected chi connectivity index (χ3v) is 5.19. The monoisotopic (exact) mass is 342 g/mol. The van der Waals surface area contributed by atoms with Crippen LogP contribution in [0.25, 0.3) is 0 Å². The second kappa shape index (κ2) is 7.68. The second-order valence-electron chi connectivity index (χ2n) is 7.07. The maximum atomic E-state index is 6.30. The summed E-state index contributed by atoms with van der Waals surface area (Å²) in [6.45, 7) is 5.17. The van der Waals surface area contributed by atoms with E-state index >= 15 is 0 Å². The Balaban J connectivity index is 1.23. The Hall–Kier alpha value is -1.69. The first-order valence-electron chi connectivity index (χ1n) is 9.20. The molecule has 3 atom stereocenters. The van der Waals surface area contributed by atoms with E-state index < -0.39 is 0 Å². The van der Waals surface area contributed by atoms with Gasteiger partial charge in [-0.25, -0.2) is 0 Å². The Morgan fingerprint density at radius 2 is 2.16 bits per heavy atom. The van der Waals surface area contributed by atoms with E-state index in [-0.39, 0.29) is 6.10 Å². The van der Waals surface area contributed by atoms with Gasteiger partial charge in [-0.2, -0.15) is 0 Å². The molecule has 25 heavy (non-hydrogen) atoms. The quantitative estimate of drug-likeness (QED) is 0.806. The molecule has 5 nitrogen and oxygen atoms in total. The van der Waals surface area contributed by atoms with Crippen LogP contribution in [0.2, 0.25) is 0 Å². The third-order valence-electron chi connectivity index (χ3n) is 5.19. The molecular weight excluding hydrogens is 316 g/mol. The fraction of sp³-hybridized carbons (Fsp3) is 0.550. The summed E-state index contributed by atoms with van der Waals surface area (Å²) >= 11 is 0. The van der Waals surface area contributed by atoms with Crippen LogP contribution in [0.1, 0.15) is 36.4 Å². The zero-order chi connectivity index (χ0) is 17.1. The molecule has 2 aliphatic heterocycles. The fourth-order valence-corrected chi connectivity index (χ4v) is 3.98. The van der Waals surface area contributed by atoms with Gasteiger partial charge in [0.05, 0.1) is 43.9 Å². The number of fused-ring (bicyclic) bond motifs is 1. The van der Waals surface area contributed by atoms with Crippen LogP contribution < -0.4 is 0 Å². The number of pyridine rings is 1. The lowest BCUT2D eigenvalue weighted by Crippen LogP contribution is -2.43. The van der Waals surface area contributed by atoms with Crippen molar-refractivity contribution >= 4 is 0 Å². The SMILES string of the molecule is Cc1cccc(COC[C@@H]2CC[C@@H]3[C@@H](CCN3Cc3ccco3)O2)n1. The van der Waals surface area contributed by atoms with E-state index in [1.807, 2.05) is 37.3 Å². The summed E-state index contributed by atoms with van der Waals surface area (Å²) in [5.74, 6) is 1.04. The number of likely N-dealkylation sites (tertiary alicyclic amines) is 1. The van der Waals surface area contributed by atoms with E-state index in [0.29, 0.717) is 25.4 Å². The molecule has 4 heterocycles. The molecular formula is C20H26N2O3. The average Bonchev–Trinajstić information content (AvgIpc) is 3.26. The van der Waals surface area contributed by atoms with Gasteiger partial charge in [0.2, 0.25) is 0 Å². The van der Waals surface area contributed by atoms with Crippen LogP contribution in [0.3, 0.4) is 0 Å². The van der Waals surface area contributed by atoms with Crippen LogP contribution in [0.4, 0.5) is 0 Å². The molecule has 0 unspecified atom stereocenters. The molecule has 0 aliphatic carbocycles. The summed E-state index contributed by atoms with van der Waals surface area (Å²) in [6.07, 6.45) is 5.60. The van der Waals surface area contributed by atoms with E-state index in [4.69, 9.17) is 13.9 Å². The highest BCUT2D eigenvalue weighted by molar-refractivity contribution is 5.09. The van der Waals surface area contributed by atoms with Gasteiger partial charge in [0.1, 0.15) is 5.76 Å². The van der Waals surface area contributed by atoms with Crippen molar-refractivity contribution in [1.82, 2.24) is 9.88 Å². The molecule has 2 saturated heterocycles. The first kappa shape index (κ1) is 16.8. The molecule has 134 valence electrons. The molecule has 0 spiro atoms. The molecule has 0 aromatic carbocycles. The highest BCUT2D eigenvalue weighted by atomic mass is 16.5. The molecule has 0 bridgehead atoms. The van der Waals surface area contributed by atoms with Gasteiger partial charge in [0, 0.05) is 18.3 Å². The lowest BCUT2D eigenvalue weighted by atomic mass is 9.99. The van der Waals surface area contributed by atoms with Crippen molar-refractivity contribution in [1.29, 1.82) is 0 Å². The van der Waals surface area contributed by atoms with Gasteiger partial charge in [-0.05, 0) is 50.5 Å². The molecule has 0 radical (unpaired) electrons. The van der Waals surface area contributed by atoms with E-state index in [2.05, 4.69) is 9.88 Å². The van der Waals surface area contributed by atoms with Crippen molar-refractivity contribution in [2.24, 2.45) is 0 Å². The summed E-state index contributed by atoms with van der Waals surface area (Å²) in [7, 11) is 0. The van der Waals surface area contributed by atoms with Gasteiger partial charge < -0.3 is 13.9 Å². The molecule has 2 aliphatic rings. The molecule has 5 heteroatoms. The summed E-state index contributed by atoms with van der Waals surface area (Å²) in [5, 5.41) is 0. The minimum atomic E-state index is 0.203. The third kappa shape index (κ3) is 4.11. The van der Waals surface area contributed by atoms with Gasteiger partial charge in [-0.3, -0.25) is 9.88 Å². The Morgan fingerprint density at radius 3 is 3.00 bits per heavy atom. The number of hydrogen-bond acceptors (Lipinski definition) is 5. The second-order valence-corrected chi connectivity index (χ2v) is 7.07. The van der Waals surface area contributed by atoms with E-state index in [9.17, 15) is 0 Å². The highest BCUT2D eigenvalue weighted by Crippen LogP contribution is 2.32. The van der Waals surface area contributed by atoms with Gasteiger partial charge >= 0.3 is 0 Å². The average molecular weight is 342 g/mol. The summed E-state index contributed by atoms with van der Waals surface area (Å²) in [5.41, 5.74) is 2.01. The number of ether oxygens (including phenoxy) is 2. The maximum absolute atomic E-state index is 6.30. The molecule has 0 amide bonds. The maximum Gasteiger partial charge on any atom is 0.117 e. The lowest BCUT2D eigenvalue weighted by Gasteiger charge is -2.35. The summed E-state index contributed by atoms with van der Waals surface area (Å²) < 4.78 is 17.7. The van der Waals surface area contributed by atoms with Crippen LogP contribution in [0.5, 0.6) is 0 Å². The van der Waals surface area contributed by atoms with Crippen LogP contribution in [-0.2, 0) is 22.6 Å². The number of aromatic nitrogens is 1. The number of rotatable bonds is 6. The normalized spacial score (nSPS) is 26.7. The van der Waals surface area contributed by atoms with E-state index in [0.717, 1.165) is 43.1 Å². The molecule has 2 aromatic rings. The minimum absolute atomic E-state index is 0.203. The lowest BCUT2D eigenvalue weighted by molar-refractivity contribution is -0.103. The van der Waals surface area contributed by atoms with Gasteiger partial charge in [0.15, 0.2) is 0 Å². The van der Waals surface area contributed by atoms with Crippen molar-refractivity contribution in [3.8, 4) is 0 Å². The minimum Gasteiger partial charge on any atom is -0.468 e. The molecule has 4 rings (SSSR count). The molecule has 0 N–H and O–H groups in total. The number of nitrogens with zero attached hydrogens (tertiary/aromatic N) is 2. The van der Waals surface area contributed by atoms with Gasteiger partial charge in [-0.15, -0.1) is 0 Å². The number of furan rings is 1. The van der Waals surface area contributed by atoms with Crippen molar-refractivity contribution in [3.63, 3.8) is 0 Å². The van der Waals surface area contributed by atoms with Crippen molar-refractivity contribution in [3.05, 3.63) is 53.7 Å². The smallest absolute Gasteiger partial charge is 0.117 e. The van der Waals surface area contributed by atoms with Crippen LogP contribution in [0, 0.1) is 6.92 Å². The van der Waals surface area contributed by atoms with Gasteiger partial charge in [-0.1, -0.05) is 6.07 Å². The zero-order valence-corrected chi connectivity index (χ0v) is 14.8. The zero-order valence-electron chi connectivity index (χ0n) is 14.8. The highest BCUT2D eigenvalue weighted by Gasteiger charge is 2.39. The Bertz CT molecular complexity index is 673. The standard InChI is InChI=1S/C20H26N2O3/c1-15-4-2-5-16(21-15)13-23-14-18-7-8-19-20(25-18)9-10-22(19)12-17-6-3-11-24-17/h2-6,11,18-20H,7-10,12-14H2,1H3/t18-,19+,20+/m0/s1. The summed E-state index contributed by atoms with van der Waals surface area (Å²) in [4.78, 5) is 6.97. The van der Waals surface area contributed by atoms with Crippen molar-refractivity contribution in [2.45, 2.75) is 57.6 Å². The molecule has 2 fully saturated rings. The van der Waals surface area contributed by atoms with Crippen LogP contribution >= 0.6 is 0 Å². The van der Waals surface area contributed by atoms with E-state index in [1.54, 1.807) is 6.26 Å². The van der Waals surface area contributed by atoms with Crippen molar-refractivity contribution < 1.29 is 13.9 Å². The van der Waals surface area contributed by atoms with E-state index in [1.165, 1.54) is 6.42 Å². The predicted molar refractivity (Wildman–Crippen MR) is 94.0 cm³/mol.